The number of aromatic nitrogens is 2. The van der Waals surface area contributed by atoms with Crippen LogP contribution in [-0.4, -0.2) is 29.2 Å². The standard InChI is InChI=1S/C11H18N4OS.ClH/c1-11(2,3)10-15-14-8(17-10)6-13-9(16)7-4-12-5-7;/h7,12H,4-6H2,1-3H3,(H,13,16);1H. The molecule has 7 heteroatoms. The Kier molecular flexibility index (Phi) is 5.07. The summed E-state index contributed by atoms with van der Waals surface area (Å²) in [6, 6.07) is 0. The average molecular weight is 291 g/mol. The highest BCUT2D eigenvalue weighted by atomic mass is 35.5. The predicted molar refractivity (Wildman–Crippen MR) is 74.1 cm³/mol. The van der Waals surface area contributed by atoms with E-state index in [2.05, 4.69) is 41.6 Å². The minimum atomic E-state index is 0. The molecule has 2 rings (SSSR count). The summed E-state index contributed by atoms with van der Waals surface area (Å²) in [6.07, 6.45) is 0. The maximum atomic E-state index is 11.6. The first-order chi connectivity index (χ1) is 7.97. The van der Waals surface area contributed by atoms with Crippen molar-refractivity contribution in [3.63, 3.8) is 0 Å². The molecule has 5 nitrogen and oxygen atoms in total. The van der Waals surface area contributed by atoms with Crippen LogP contribution >= 0.6 is 23.7 Å². The molecule has 1 aliphatic heterocycles. The highest BCUT2D eigenvalue weighted by molar-refractivity contribution is 7.11. The maximum absolute atomic E-state index is 11.6. The number of nitrogens with zero attached hydrogens (tertiary/aromatic N) is 2. The van der Waals surface area contributed by atoms with Gasteiger partial charge in [0.05, 0.1) is 12.5 Å². The largest absolute Gasteiger partial charge is 0.349 e. The zero-order valence-electron chi connectivity index (χ0n) is 10.8. The lowest BCUT2D eigenvalue weighted by molar-refractivity contribution is -0.126. The maximum Gasteiger partial charge on any atom is 0.226 e. The molecule has 1 aromatic heterocycles. The molecule has 1 saturated heterocycles. The molecule has 2 N–H and O–H groups in total. The van der Waals surface area contributed by atoms with Crippen molar-refractivity contribution in [2.24, 2.45) is 5.92 Å². The summed E-state index contributed by atoms with van der Waals surface area (Å²) >= 11 is 1.57. The molecule has 0 spiro atoms. The third kappa shape index (κ3) is 3.63. The van der Waals surface area contributed by atoms with E-state index in [1.165, 1.54) is 0 Å². The van der Waals surface area contributed by atoms with E-state index < -0.39 is 0 Å². The minimum absolute atomic E-state index is 0. The summed E-state index contributed by atoms with van der Waals surface area (Å²) in [5.74, 6) is 0.237. The lowest BCUT2D eigenvalue weighted by Crippen LogP contribution is -2.50. The molecule has 1 aliphatic rings. The van der Waals surface area contributed by atoms with E-state index >= 15 is 0 Å². The van der Waals surface area contributed by atoms with Gasteiger partial charge in [0.2, 0.25) is 5.91 Å². The van der Waals surface area contributed by atoms with E-state index in [-0.39, 0.29) is 29.6 Å². The molecule has 0 aliphatic carbocycles. The average Bonchev–Trinajstić information content (AvgIpc) is 2.59. The second-order valence-electron chi connectivity index (χ2n) is 5.32. The Labute approximate surface area is 117 Å². The van der Waals surface area contributed by atoms with Crippen molar-refractivity contribution in [1.82, 2.24) is 20.8 Å². The fourth-order valence-corrected chi connectivity index (χ4v) is 2.25. The number of carbonyl (C=O) groups is 1. The Hall–Kier alpha value is -0.720. The van der Waals surface area contributed by atoms with Crippen LogP contribution in [0, 0.1) is 5.92 Å². The van der Waals surface area contributed by atoms with Gasteiger partial charge in [0.1, 0.15) is 10.0 Å². The third-order valence-corrected chi connectivity index (χ3v) is 4.02. The summed E-state index contributed by atoms with van der Waals surface area (Å²) in [7, 11) is 0. The quantitative estimate of drug-likeness (QED) is 0.875. The number of rotatable bonds is 3. The van der Waals surface area contributed by atoms with Crippen LogP contribution in [0.5, 0.6) is 0 Å². The third-order valence-electron chi connectivity index (χ3n) is 2.67. The first-order valence-electron chi connectivity index (χ1n) is 5.78. The zero-order valence-corrected chi connectivity index (χ0v) is 12.5. The van der Waals surface area contributed by atoms with Crippen molar-refractivity contribution in [3.05, 3.63) is 10.0 Å². The van der Waals surface area contributed by atoms with Gasteiger partial charge in [-0.1, -0.05) is 32.1 Å². The van der Waals surface area contributed by atoms with Crippen LogP contribution in [0.3, 0.4) is 0 Å². The lowest BCUT2D eigenvalue weighted by Gasteiger charge is -2.25. The van der Waals surface area contributed by atoms with Gasteiger partial charge >= 0.3 is 0 Å². The fourth-order valence-electron chi connectivity index (χ4n) is 1.41. The molecule has 1 aromatic rings. The van der Waals surface area contributed by atoms with E-state index in [4.69, 9.17) is 0 Å². The molecule has 18 heavy (non-hydrogen) atoms. The van der Waals surface area contributed by atoms with Crippen LogP contribution in [0.4, 0.5) is 0 Å². The minimum Gasteiger partial charge on any atom is -0.349 e. The second-order valence-corrected chi connectivity index (χ2v) is 6.39. The molecule has 102 valence electrons. The Morgan fingerprint density at radius 3 is 2.56 bits per heavy atom. The highest BCUT2D eigenvalue weighted by Gasteiger charge is 2.25. The Balaban J connectivity index is 0.00000162. The molecule has 0 radical (unpaired) electrons. The van der Waals surface area contributed by atoms with Crippen LogP contribution in [0.25, 0.3) is 0 Å². The zero-order chi connectivity index (χ0) is 12.5. The highest BCUT2D eigenvalue weighted by Crippen LogP contribution is 2.25. The van der Waals surface area contributed by atoms with Gasteiger partial charge in [-0.15, -0.1) is 22.6 Å². The molecule has 1 fully saturated rings. The van der Waals surface area contributed by atoms with Gasteiger partial charge in [-0.3, -0.25) is 4.79 Å². The van der Waals surface area contributed by atoms with Gasteiger partial charge in [-0.25, -0.2) is 0 Å². The molecular weight excluding hydrogens is 272 g/mol. The van der Waals surface area contributed by atoms with Crippen LogP contribution < -0.4 is 10.6 Å². The molecule has 2 heterocycles. The summed E-state index contributed by atoms with van der Waals surface area (Å²) in [5.41, 5.74) is 0.0256. The van der Waals surface area contributed by atoms with Crippen molar-refractivity contribution in [2.45, 2.75) is 32.7 Å². The van der Waals surface area contributed by atoms with Gasteiger partial charge in [0.25, 0.3) is 0 Å². The molecule has 1 amide bonds. The van der Waals surface area contributed by atoms with E-state index in [1.54, 1.807) is 11.3 Å². The van der Waals surface area contributed by atoms with Crippen LogP contribution in [-0.2, 0) is 16.8 Å². The smallest absolute Gasteiger partial charge is 0.226 e. The SMILES string of the molecule is CC(C)(C)c1nnc(CNC(=O)C2CNC2)s1.Cl. The number of nitrogens with one attached hydrogen (secondary N) is 2. The van der Waals surface area contributed by atoms with Gasteiger partial charge in [0, 0.05) is 18.5 Å². The number of hydrogen-bond donors (Lipinski definition) is 2. The first-order valence-corrected chi connectivity index (χ1v) is 6.60. The number of halogens is 1. The van der Waals surface area contributed by atoms with Gasteiger partial charge in [0.15, 0.2) is 0 Å². The van der Waals surface area contributed by atoms with Crippen LogP contribution in [0.2, 0.25) is 0 Å². The Morgan fingerprint density at radius 2 is 2.11 bits per heavy atom. The second kappa shape index (κ2) is 5.95. The van der Waals surface area contributed by atoms with Crippen LogP contribution in [0.15, 0.2) is 0 Å². The topological polar surface area (TPSA) is 66.9 Å². The van der Waals surface area contributed by atoms with E-state index in [1.807, 2.05) is 0 Å². The molecular formula is C11H19ClN4OS. The van der Waals surface area contributed by atoms with Crippen molar-refractivity contribution < 1.29 is 4.79 Å². The molecule has 0 bridgehead atoms. The number of carbonyl (C=O) groups excluding carboxylic acids is 1. The Morgan fingerprint density at radius 1 is 1.44 bits per heavy atom. The van der Waals surface area contributed by atoms with E-state index in [0.29, 0.717) is 6.54 Å². The van der Waals surface area contributed by atoms with Crippen molar-refractivity contribution in [3.8, 4) is 0 Å². The van der Waals surface area contributed by atoms with Gasteiger partial charge in [-0.05, 0) is 0 Å². The summed E-state index contributed by atoms with van der Waals surface area (Å²) < 4.78 is 0. The molecule has 0 unspecified atom stereocenters. The van der Waals surface area contributed by atoms with Crippen molar-refractivity contribution in [2.75, 3.05) is 13.1 Å². The summed E-state index contributed by atoms with van der Waals surface area (Å²) in [4.78, 5) is 11.6. The molecule has 0 saturated carbocycles. The number of hydrogen-bond acceptors (Lipinski definition) is 5. The first kappa shape index (κ1) is 15.3. The van der Waals surface area contributed by atoms with Gasteiger partial charge in [-0.2, -0.15) is 0 Å². The normalized spacial score (nSPS) is 15.7. The van der Waals surface area contributed by atoms with Crippen molar-refractivity contribution in [1.29, 1.82) is 0 Å². The number of amides is 1. The Bertz CT molecular complexity index is 411. The van der Waals surface area contributed by atoms with E-state index in [0.717, 1.165) is 23.1 Å². The van der Waals surface area contributed by atoms with Gasteiger partial charge < -0.3 is 10.6 Å². The lowest BCUT2D eigenvalue weighted by atomic mass is 9.98. The van der Waals surface area contributed by atoms with E-state index in [9.17, 15) is 4.79 Å². The fraction of sp³-hybridized carbons (Fsp3) is 0.727. The predicted octanol–water partition coefficient (Wildman–Crippen LogP) is 1.09. The monoisotopic (exact) mass is 290 g/mol. The summed E-state index contributed by atoms with van der Waals surface area (Å²) in [5, 5.41) is 16.1. The molecule has 0 atom stereocenters. The molecule has 0 aromatic carbocycles. The van der Waals surface area contributed by atoms with Crippen LogP contribution in [0.1, 0.15) is 30.8 Å². The van der Waals surface area contributed by atoms with Crippen molar-refractivity contribution >= 4 is 29.7 Å². The summed E-state index contributed by atoms with van der Waals surface area (Å²) in [6.45, 7) is 8.38.